The lowest BCUT2D eigenvalue weighted by Crippen LogP contribution is -2.48. The van der Waals surface area contributed by atoms with Gasteiger partial charge in [-0.3, -0.25) is 4.79 Å². The summed E-state index contributed by atoms with van der Waals surface area (Å²) in [5.74, 6) is 2.17. The molecule has 4 bridgehead atoms. The Kier molecular flexibility index (Phi) is 5.63. The Bertz CT molecular complexity index is 1020. The predicted molar refractivity (Wildman–Crippen MR) is 124 cm³/mol. The third-order valence-corrected chi connectivity index (χ3v) is 8.19. The van der Waals surface area contributed by atoms with Crippen molar-refractivity contribution >= 4 is 28.9 Å². The molecule has 3 nitrogen and oxygen atoms in total. The molecule has 6 rings (SSSR count). The monoisotopic (exact) mass is 476 g/mol. The van der Waals surface area contributed by atoms with Crippen LogP contribution in [0.1, 0.15) is 56.6 Å². The number of benzene rings is 2. The van der Waals surface area contributed by atoms with Gasteiger partial charge in [0.2, 0.25) is 5.91 Å². The highest BCUT2D eigenvalue weighted by Crippen LogP contribution is 2.60. The number of rotatable bonds is 5. The van der Waals surface area contributed by atoms with E-state index in [4.69, 9.17) is 11.6 Å². The largest absolute Gasteiger partial charge is 0.416 e. The molecule has 0 heterocycles. The number of alkyl halides is 3. The third kappa shape index (κ3) is 4.46. The van der Waals surface area contributed by atoms with Gasteiger partial charge in [-0.1, -0.05) is 23.7 Å². The summed E-state index contributed by atoms with van der Waals surface area (Å²) < 4.78 is 39.0. The van der Waals surface area contributed by atoms with Crippen molar-refractivity contribution in [3.05, 3.63) is 58.6 Å². The van der Waals surface area contributed by atoms with E-state index in [0.717, 1.165) is 41.6 Å². The molecular formula is C26H28ClF3N2O. The van der Waals surface area contributed by atoms with Gasteiger partial charge in [-0.05, 0) is 105 Å². The first-order chi connectivity index (χ1) is 15.6. The SMILES string of the molecule is CC(Nc1ccc(C23CC4CC(CC(C4)C2)C3)cc1)C(=O)Nc1cc(C(F)(F)F)ccc1Cl. The fraction of sp³-hybridized carbons (Fsp3) is 0.500. The number of hydrogen-bond acceptors (Lipinski definition) is 2. The first-order valence-corrected chi connectivity index (χ1v) is 12.0. The van der Waals surface area contributed by atoms with Crippen LogP contribution in [0.25, 0.3) is 0 Å². The minimum Gasteiger partial charge on any atom is -0.374 e. The molecule has 0 aliphatic heterocycles. The van der Waals surface area contributed by atoms with E-state index in [1.165, 1.54) is 44.1 Å². The van der Waals surface area contributed by atoms with Crippen molar-refractivity contribution in [2.75, 3.05) is 10.6 Å². The quantitative estimate of drug-likeness (QED) is 0.476. The van der Waals surface area contributed by atoms with Gasteiger partial charge < -0.3 is 10.6 Å². The molecule has 7 heteroatoms. The number of carbonyl (C=O) groups is 1. The summed E-state index contributed by atoms with van der Waals surface area (Å²) in [6.45, 7) is 1.67. The normalized spacial score (nSPS) is 29.1. The van der Waals surface area contributed by atoms with Gasteiger partial charge in [-0.15, -0.1) is 0 Å². The number of nitrogens with one attached hydrogen (secondary N) is 2. The molecule has 4 fully saturated rings. The van der Waals surface area contributed by atoms with Crippen LogP contribution in [0.3, 0.4) is 0 Å². The average molecular weight is 477 g/mol. The zero-order valence-electron chi connectivity index (χ0n) is 18.5. The van der Waals surface area contributed by atoms with Crippen molar-refractivity contribution in [3.63, 3.8) is 0 Å². The lowest BCUT2D eigenvalue weighted by atomic mass is 9.48. The van der Waals surface area contributed by atoms with E-state index >= 15 is 0 Å². The second-order valence-corrected chi connectivity index (χ2v) is 10.7. The van der Waals surface area contributed by atoms with Crippen LogP contribution in [0.5, 0.6) is 0 Å². The zero-order valence-corrected chi connectivity index (χ0v) is 19.3. The molecule has 4 aliphatic carbocycles. The second-order valence-electron chi connectivity index (χ2n) is 10.3. The number of carbonyl (C=O) groups excluding carboxylic acids is 1. The van der Waals surface area contributed by atoms with Gasteiger partial charge in [0.1, 0.15) is 6.04 Å². The second kappa shape index (κ2) is 8.23. The molecular weight excluding hydrogens is 449 g/mol. The minimum absolute atomic E-state index is 0.0534. The zero-order chi connectivity index (χ0) is 23.4. The predicted octanol–water partition coefficient (Wildman–Crippen LogP) is 7.27. The van der Waals surface area contributed by atoms with Crippen molar-refractivity contribution in [2.24, 2.45) is 17.8 Å². The lowest BCUT2D eigenvalue weighted by molar-refractivity contribution is -0.137. The molecule has 176 valence electrons. The van der Waals surface area contributed by atoms with E-state index in [2.05, 4.69) is 22.8 Å². The maximum Gasteiger partial charge on any atom is 0.416 e. The first kappa shape index (κ1) is 22.6. The Morgan fingerprint density at radius 1 is 1.00 bits per heavy atom. The van der Waals surface area contributed by atoms with Crippen LogP contribution in [0.4, 0.5) is 24.5 Å². The minimum atomic E-state index is -4.51. The van der Waals surface area contributed by atoms with Crippen LogP contribution in [0.2, 0.25) is 5.02 Å². The van der Waals surface area contributed by atoms with Crippen LogP contribution in [-0.2, 0) is 16.4 Å². The molecule has 2 aromatic carbocycles. The molecule has 1 atom stereocenters. The van der Waals surface area contributed by atoms with Crippen LogP contribution in [0, 0.1) is 17.8 Å². The van der Waals surface area contributed by atoms with Gasteiger partial charge in [-0.25, -0.2) is 0 Å². The van der Waals surface area contributed by atoms with Gasteiger partial charge in [-0.2, -0.15) is 13.2 Å². The molecule has 0 saturated heterocycles. The smallest absolute Gasteiger partial charge is 0.374 e. The maximum absolute atomic E-state index is 13.0. The van der Waals surface area contributed by atoms with Gasteiger partial charge in [0.05, 0.1) is 16.3 Å². The highest BCUT2D eigenvalue weighted by atomic mass is 35.5. The van der Waals surface area contributed by atoms with Crippen molar-refractivity contribution in [2.45, 2.75) is 63.1 Å². The number of amides is 1. The van der Waals surface area contributed by atoms with Crippen molar-refractivity contribution in [1.29, 1.82) is 0 Å². The summed E-state index contributed by atoms with van der Waals surface area (Å²) >= 11 is 6.00. The summed E-state index contributed by atoms with van der Waals surface area (Å²) in [6.07, 6.45) is 3.59. The van der Waals surface area contributed by atoms with Crippen molar-refractivity contribution in [3.8, 4) is 0 Å². The number of anilines is 2. The van der Waals surface area contributed by atoms with Crippen LogP contribution in [0.15, 0.2) is 42.5 Å². The first-order valence-electron chi connectivity index (χ1n) is 11.7. The van der Waals surface area contributed by atoms with E-state index in [1.54, 1.807) is 6.92 Å². The van der Waals surface area contributed by atoms with Gasteiger partial charge in [0, 0.05) is 5.69 Å². The van der Waals surface area contributed by atoms with E-state index < -0.39 is 23.7 Å². The van der Waals surface area contributed by atoms with Gasteiger partial charge in [0.25, 0.3) is 0 Å². The highest BCUT2D eigenvalue weighted by Gasteiger charge is 2.51. The molecule has 1 unspecified atom stereocenters. The Morgan fingerprint density at radius 2 is 1.58 bits per heavy atom. The summed E-state index contributed by atoms with van der Waals surface area (Å²) in [6, 6.07) is 10.6. The highest BCUT2D eigenvalue weighted by molar-refractivity contribution is 6.33. The summed E-state index contributed by atoms with van der Waals surface area (Å²) in [5, 5.41) is 5.72. The van der Waals surface area contributed by atoms with Gasteiger partial charge in [0.15, 0.2) is 0 Å². The van der Waals surface area contributed by atoms with E-state index in [-0.39, 0.29) is 10.7 Å². The summed E-state index contributed by atoms with van der Waals surface area (Å²) in [7, 11) is 0. The standard InChI is InChI=1S/C26H28ClF3N2O/c1-15(24(33)32-23-11-20(26(28,29)30)4-7-22(23)27)31-21-5-2-19(3-6-21)25-12-16-8-17(13-25)10-18(9-16)14-25/h2-7,11,15-18,31H,8-10,12-14H2,1H3,(H,32,33). The van der Waals surface area contributed by atoms with E-state index in [1.807, 2.05) is 12.1 Å². The lowest BCUT2D eigenvalue weighted by Gasteiger charge is -2.57. The molecule has 0 radical (unpaired) electrons. The molecule has 2 N–H and O–H groups in total. The number of hydrogen-bond donors (Lipinski definition) is 2. The van der Waals surface area contributed by atoms with E-state index in [9.17, 15) is 18.0 Å². The molecule has 1 amide bonds. The Balaban J connectivity index is 1.24. The fourth-order valence-electron chi connectivity index (χ4n) is 6.74. The van der Waals surface area contributed by atoms with Crippen LogP contribution >= 0.6 is 11.6 Å². The third-order valence-electron chi connectivity index (χ3n) is 7.86. The van der Waals surface area contributed by atoms with Gasteiger partial charge >= 0.3 is 6.18 Å². The Labute approximate surface area is 197 Å². The Hall–Kier alpha value is -2.21. The molecule has 4 aliphatic rings. The van der Waals surface area contributed by atoms with Crippen molar-refractivity contribution < 1.29 is 18.0 Å². The average Bonchev–Trinajstić information content (AvgIpc) is 2.74. The number of halogens is 4. The van der Waals surface area contributed by atoms with Crippen LogP contribution in [-0.4, -0.2) is 11.9 Å². The van der Waals surface area contributed by atoms with E-state index in [0.29, 0.717) is 5.41 Å². The Morgan fingerprint density at radius 3 is 2.12 bits per heavy atom. The van der Waals surface area contributed by atoms with Crippen molar-refractivity contribution in [1.82, 2.24) is 0 Å². The molecule has 4 saturated carbocycles. The molecule has 2 aromatic rings. The maximum atomic E-state index is 13.0. The summed E-state index contributed by atoms with van der Waals surface area (Å²) in [5.41, 5.74) is 1.61. The molecule has 33 heavy (non-hydrogen) atoms. The molecule has 0 aromatic heterocycles. The van der Waals surface area contributed by atoms with Crippen LogP contribution < -0.4 is 10.6 Å². The fourth-order valence-corrected chi connectivity index (χ4v) is 6.90. The topological polar surface area (TPSA) is 41.1 Å². The molecule has 0 spiro atoms. The summed E-state index contributed by atoms with van der Waals surface area (Å²) in [4.78, 5) is 12.6.